The number of carbonyl (C=O) groups is 8. The van der Waals surface area contributed by atoms with E-state index >= 15 is 0 Å². The molecule has 86 heavy (non-hydrogen) atoms. The summed E-state index contributed by atoms with van der Waals surface area (Å²) in [5.41, 5.74) is 3.85. The van der Waals surface area contributed by atoms with Gasteiger partial charge in [-0.15, -0.1) is 12.8 Å². The highest BCUT2D eigenvalue weighted by atomic mass is 16.7. The topological polar surface area (TPSA) is 393 Å². The number of aromatic nitrogens is 6. The molecule has 12 atom stereocenters. The highest BCUT2D eigenvalue weighted by molar-refractivity contribution is 5.85. The van der Waals surface area contributed by atoms with Crippen LogP contribution in [-0.2, 0) is 80.9 Å². The molecule has 2 amide bonds. The molecule has 3 saturated heterocycles. The van der Waals surface area contributed by atoms with Gasteiger partial charge in [-0.3, -0.25) is 53.1 Å². The maximum absolute atomic E-state index is 12.7. The van der Waals surface area contributed by atoms with Crippen LogP contribution in [0.4, 0.5) is 27.0 Å². The number of anilines is 3. The first-order chi connectivity index (χ1) is 40.6. The Labute approximate surface area is 492 Å². The summed E-state index contributed by atoms with van der Waals surface area (Å²) in [5, 5.41) is 4.68. The van der Waals surface area contributed by atoms with Gasteiger partial charge < -0.3 is 57.8 Å². The monoisotopic (exact) mass is 1210 g/mol. The number of nitrogen functional groups attached to an aromatic ring is 1. The van der Waals surface area contributed by atoms with Gasteiger partial charge in [-0.25, -0.2) is 24.0 Å². The van der Waals surface area contributed by atoms with E-state index < -0.39 is 139 Å². The summed E-state index contributed by atoms with van der Waals surface area (Å²) in [7, 11) is 0. The first kappa shape index (κ1) is 69.0. The normalized spacial score (nSPS) is 23.3. The third kappa shape index (κ3) is 18.8. The fourth-order valence-corrected chi connectivity index (χ4v) is 8.62. The van der Waals surface area contributed by atoms with Crippen molar-refractivity contribution >= 4 is 71.5 Å². The first-order valence-corrected chi connectivity index (χ1v) is 26.7. The Morgan fingerprint density at radius 1 is 0.547 bits per heavy atom. The summed E-state index contributed by atoms with van der Waals surface area (Å²) in [6, 6.07) is 0. The van der Waals surface area contributed by atoms with Crippen LogP contribution in [0.25, 0.3) is 6.08 Å². The van der Waals surface area contributed by atoms with Crippen LogP contribution in [0.5, 0.6) is 0 Å². The zero-order valence-corrected chi connectivity index (χ0v) is 49.1. The van der Waals surface area contributed by atoms with Gasteiger partial charge in [0.1, 0.15) is 5.82 Å². The van der Waals surface area contributed by atoms with Gasteiger partial charge in [0.15, 0.2) is 66.9 Å². The molecule has 0 unspecified atom stereocenters. The Balaban J connectivity index is 0.000000279. The molecule has 3 aromatic heterocycles. The van der Waals surface area contributed by atoms with Crippen molar-refractivity contribution in [2.45, 2.75) is 175 Å². The van der Waals surface area contributed by atoms with Gasteiger partial charge in [0.05, 0.1) is 42.7 Å². The summed E-state index contributed by atoms with van der Waals surface area (Å²) in [5.74, 6) is 0.700. The maximum atomic E-state index is 12.7. The standard InChI is InChI=1S/C21H27N3O8.C19H23N3O8.C15H19N3O6/c1-6-8-9-10-29-21(28)23-18-15(7-2)11-24(20(27)22-18)19-17(32-14(5)26)16(12(3)30-19)31-13(4)25;1-6-8-27-19(26)21-16-13(7-2)9-22(18(25)20-16)17-15(30-12(5)24)14(10(3)28-17)29-11(4)23;1-5-10-6-18(15(21)17-13(10)16)14-12(24-9(4)20)11(7(2)22-14)23-8(3)19/h2,11-12,16-17,19H,6,8-10H2,1,3-5H3,(H,22,23,27,28);2,9-10,14-15,17H,6,8H2,1,3-5H3,(H,20,21,25,26);5-7,11-12,14H,1H2,2-4H3,(H2,16,17,21)/t12-,16-,17-,19-;10-,14-,15-,17-;7-,11-,12-,14-/m111/s1. The second kappa shape index (κ2) is 32.0. The number of hydrogen-bond donors (Lipinski definition) is 3. The van der Waals surface area contributed by atoms with Crippen molar-refractivity contribution < 1.29 is 90.5 Å². The number of unbranched alkanes of at least 4 members (excludes halogenated alkanes) is 2. The Bertz CT molecular complexity index is 3270. The Kier molecular flexibility index (Phi) is 25.7. The number of nitrogens with two attached hydrogens (primary N) is 1. The molecule has 0 bridgehead atoms. The number of ether oxygens (including phenoxy) is 11. The van der Waals surface area contributed by atoms with Gasteiger partial charge in [0.25, 0.3) is 0 Å². The molecular formula is C55H69N9O22. The maximum Gasteiger partial charge on any atom is 0.412 e. The van der Waals surface area contributed by atoms with Gasteiger partial charge in [-0.1, -0.05) is 51.2 Å². The molecule has 466 valence electrons. The van der Waals surface area contributed by atoms with E-state index in [9.17, 15) is 52.7 Å². The third-order valence-corrected chi connectivity index (χ3v) is 12.2. The van der Waals surface area contributed by atoms with Gasteiger partial charge in [0, 0.05) is 65.7 Å². The van der Waals surface area contributed by atoms with E-state index in [1.165, 1.54) is 66.2 Å². The molecule has 6 rings (SSSR count). The number of esters is 6. The Hall–Kier alpha value is -9.46. The van der Waals surface area contributed by atoms with Crippen LogP contribution in [0.3, 0.4) is 0 Å². The minimum atomic E-state index is -1.15. The molecule has 3 aliphatic rings. The van der Waals surface area contributed by atoms with Crippen molar-refractivity contribution in [3.05, 3.63) is 73.3 Å². The van der Waals surface area contributed by atoms with Crippen molar-refractivity contribution in [2.75, 3.05) is 29.6 Å². The quantitative estimate of drug-likeness (QED) is 0.0713. The lowest BCUT2D eigenvalue weighted by atomic mass is 10.1. The fraction of sp³-hybridized carbons (Fsp3) is 0.527. The van der Waals surface area contributed by atoms with E-state index in [1.807, 2.05) is 13.8 Å². The SMILES string of the molecule is C#Cc1cn([C@@H]2O[C@H](C)[C@@H](OC(C)=O)[C@H]2OC(C)=O)c(=O)nc1NC(=O)OCCC.C#Cc1cn([C@@H]2O[C@H](C)[C@@H](OC(C)=O)[C@H]2OC(C)=O)c(=O)nc1NC(=O)OCCCCC.C=Cc1cn([C@@H]2O[C@H](C)[C@@H](OC(C)=O)[C@H]2OC(C)=O)c(=O)nc1N. The predicted molar refractivity (Wildman–Crippen MR) is 298 cm³/mol. The average molecular weight is 1210 g/mol. The molecule has 6 heterocycles. The lowest BCUT2D eigenvalue weighted by molar-refractivity contribution is -0.165. The molecule has 3 aliphatic heterocycles. The summed E-state index contributed by atoms with van der Waals surface area (Å²) in [4.78, 5) is 141. The third-order valence-electron chi connectivity index (χ3n) is 12.2. The Morgan fingerprint density at radius 2 is 0.872 bits per heavy atom. The van der Waals surface area contributed by atoms with Crippen LogP contribution in [0.1, 0.15) is 137 Å². The number of nitrogens with one attached hydrogen (secondary N) is 2. The highest BCUT2D eigenvalue weighted by Gasteiger charge is 2.51. The molecule has 3 fully saturated rings. The largest absolute Gasteiger partial charge is 0.456 e. The van der Waals surface area contributed by atoms with Gasteiger partial charge in [0.2, 0.25) is 0 Å². The fourth-order valence-electron chi connectivity index (χ4n) is 8.62. The minimum Gasteiger partial charge on any atom is -0.456 e. The van der Waals surface area contributed by atoms with Crippen molar-refractivity contribution in [2.24, 2.45) is 0 Å². The van der Waals surface area contributed by atoms with E-state index in [4.69, 9.17) is 70.7 Å². The van der Waals surface area contributed by atoms with Crippen molar-refractivity contribution in [3.8, 4) is 24.7 Å². The lowest BCUT2D eigenvalue weighted by Gasteiger charge is -2.23. The molecule has 0 spiro atoms. The van der Waals surface area contributed by atoms with Crippen LogP contribution >= 0.6 is 0 Å². The molecule has 0 aromatic carbocycles. The number of hydrogen-bond acceptors (Lipinski definition) is 26. The number of carbonyl (C=O) groups excluding carboxylic acids is 8. The number of nitrogens with zero attached hydrogens (tertiary/aromatic N) is 6. The summed E-state index contributed by atoms with van der Waals surface area (Å²) in [6.45, 7) is 19.9. The lowest BCUT2D eigenvalue weighted by Crippen LogP contribution is -2.40. The molecular weight excluding hydrogens is 1140 g/mol. The van der Waals surface area contributed by atoms with Crippen LogP contribution in [0.15, 0.2) is 39.6 Å². The van der Waals surface area contributed by atoms with Gasteiger partial charge >= 0.3 is 65.1 Å². The molecule has 0 saturated carbocycles. The number of amides is 2. The second-order valence-corrected chi connectivity index (χ2v) is 19.0. The number of rotatable bonds is 18. The summed E-state index contributed by atoms with van der Waals surface area (Å²) in [6.07, 6.45) is 6.68. The van der Waals surface area contributed by atoms with Gasteiger partial charge in [-0.05, 0) is 33.6 Å². The summed E-state index contributed by atoms with van der Waals surface area (Å²) < 4.78 is 61.7. The smallest absolute Gasteiger partial charge is 0.412 e. The molecule has 4 N–H and O–H groups in total. The van der Waals surface area contributed by atoms with Crippen molar-refractivity contribution in [1.82, 2.24) is 28.7 Å². The van der Waals surface area contributed by atoms with E-state index in [1.54, 1.807) is 20.8 Å². The Morgan fingerprint density at radius 3 is 1.19 bits per heavy atom. The predicted octanol–water partition coefficient (Wildman–Crippen LogP) is 2.96. The van der Waals surface area contributed by atoms with Crippen molar-refractivity contribution in [1.29, 1.82) is 0 Å². The zero-order valence-electron chi connectivity index (χ0n) is 49.1. The zero-order chi connectivity index (χ0) is 64.3. The van der Waals surface area contributed by atoms with Gasteiger partial charge in [-0.2, -0.15) is 15.0 Å². The van der Waals surface area contributed by atoms with Crippen LogP contribution in [-0.4, -0.2) is 145 Å². The van der Waals surface area contributed by atoms with E-state index in [0.717, 1.165) is 26.5 Å². The number of terminal acetylenes is 2. The highest BCUT2D eigenvalue weighted by Crippen LogP contribution is 2.36. The van der Waals surface area contributed by atoms with E-state index in [2.05, 4.69) is 44.0 Å². The van der Waals surface area contributed by atoms with Crippen molar-refractivity contribution in [3.63, 3.8) is 0 Å². The van der Waals surface area contributed by atoms with E-state index in [-0.39, 0.29) is 41.8 Å². The van der Waals surface area contributed by atoms with Crippen LogP contribution in [0.2, 0.25) is 0 Å². The molecule has 31 heteroatoms. The first-order valence-electron chi connectivity index (χ1n) is 26.7. The molecule has 0 radical (unpaired) electrons. The van der Waals surface area contributed by atoms with E-state index in [0.29, 0.717) is 18.4 Å². The minimum absolute atomic E-state index is 0.0258. The second-order valence-electron chi connectivity index (χ2n) is 19.0. The average Bonchev–Trinajstić information content (AvgIpc) is 1.85. The summed E-state index contributed by atoms with van der Waals surface area (Å²) >= 11 is 0. The van der Waals surface area contributed by atoms with Crippen LogP contribution < -0.4 is 33.4 Å². The molecule has 3 aromatic rings. The molecule has 31 nitrogen and oxygen atoms in total. The molecule has 0 aliphatic carbocycles. The van der Waals surface area contributed by atoms with Crippen LogP contribution in [0, 0.1) is 24.7 Å².